The topological polar surface area (TPSA) is 101 Å². The first kappa shape index (κ1) is 15.8. The van der Waals surface area contributed by atoms with Gasteiger partial charge in [0.05, 0.1) is 15.9 Å². The minimum absolute atomic E-state index is 0.0974. The number of sulfonamides is 1. The van der Waals surface area contributed by atoms with Gasteiger partial charge >= 0.3 is 5.69 Å². The molecule has 7 nitrogen and oxygen atoms in total. The van der Waals surface area contributed by atoms with E-state index in [1.54, 1.807) is 0 Å². The molecule has 116 valence electrons. The summed E-state index contributed by atoms with van der Waals surface area (Å²) >= 11 is 0. The fraction of sp³-hybridized carbons (Fsp3) is 0.500. The number of aliphatic hydroxyl groups is 1. The third-order valence-electron chi connectivity index (χ3n) is 3.47. The molecular weight excluding hydrogens is 303 g/mol. The van der Waals surface area contributed by atoms with E-state index in [0.29, 0.717) is 12.8 Å². The largest absolute Gasteiger partial charge is 0.393 e. The Morgan fingerprint density at radius 1 is 1.38 bits per heavy atom. The van der Waals surface area contributed by atoms with Crippen molar-refractivity contribution >= 4 is 15.7 Å². The smallest absolute Gasteiger partial charge is 0.306 e. The Morgan fingerprint density at radius 3 is 2.48 bits per heavy atom. The number of aryl methyl sites for hydroxylation is 1. The summed E-state index contributed by atoms with van der Waals surface area (Å²) in [6.07, 6.45) is 0.0731. The molecule has 1 aliphatic rings. The van der Waals surface area contributed by atoms with Crippen LogP contribution in [0.1, 0.15) is 18.4 Å². The predicted octanol–water partition coefficient (Wildman–Crippen LogP) is 1.19. The van der Waals surface area contributed by atoms with Crippen molar-refractivity contribution in [3.05, 3.63) is 33.6 Å². The minimum Gasteiger partial charge on any atom is -0.393 e. The van der Waals surface area contributed by atoms with Gasteiger partial charge in [-0.3, -0.25) is 10.1 Å². The van der Waals surface area contributed by atoms with Crippen LogP contribution in [0.15, 0.2) is 17.0 Å². The maximum absolute atomic E-state index is 13.6. The molecule has 1 aromatic carbocycles. The van der Waals surface area contributed by atoms with Gasteiger partial charge in [0.25, 0.3) is 0 Å². The van der Waals surface area contributed by atoms with Crippen LogP contribution in [0.5, 0.6) is 0 Å². The van der Waals surface area contributed by atoms with Gasteiger partial charge in [0, 0.05) is 19.2 Å². The molecule has 9 heteroatoms. The lowest BCUT2D eigenvalue weighted by Gasteiger charge is -2.28. The van der Waals surface area contributed by atoms with E-state index < -0.39 is 32.6 Å². The summed E-state index contributed by atoms with van der Waals surface area (Å²) in [6.45, 7) is 1.54. The van der Waals surface area contributed by atoms with E-state index in [0.717, 1.165) is 16.4 Å². The van der Waals surface area contributed by atoms with Gasteiger partial charge in [-0.2, -0.15) is 8.70 Å². The lowest BCUT2D eigenvalue weighted by molar-refractivity contribution is -0.387. The Bertz CT molecular complexity index is 668. The van der Waals surface area contributed by atoms with Crippen LogP contribution in [0.3, 0.4) is 0 Å². The molecule has 21 heavy (non-hydrogen) atoms. The van der Waals surface area contributed by atoms with E-state index in [-0.39, 0.29) is 23.5 Å². The van der Waals surface area contributed by atoms with Crippen molar-refractivity contribution in [2.75, 3.05) is 13.1 Å². The Labute approximate surface area is 121 Å². The van der Waals surface area contributed by atoms with Crippen molar-refractivity contribution in [2.45, 2.75) is 30.8 Å². The Hall–Kier alpha value is -1.58. The summed E-state index contributed by atoms with van der Waals surface area (Å²) in [5.41, 5.74) is -0.953. The molecule has 1 heterocycles. The molecular formula is C12H15FN2O5S. The molecule has 1 fully saturated rings. The fourth-order valence-electron chi connectivity index (χ4n) is 2.23. The fourth-order valence-corrected chi connectivity index (χ4v) is 3.81. The molecule has 2 rings (SSSR count). The minimum atomic E-state index is -3.93. The summed E-state index contributed by atoms with van der Waals surface area (Å²) in [4.78, 5) is 9.55. The molecule has 0 aliphatic carbocycles. The number of halogens is 1. The summed E-state index contributed by atoms with van der Waals surface area (Å²) in [5.74, 6) is -1.03. The van der Waals surface area contributed by atoms with Crippen LogP contribution in [0.25, 0.3) is 0 Å². The third kappa shape index (κ3) is 3.04. The van der Waals surface area contributed by atoms with Gasteiger partial charge in [-0.25, -0.2) is 8.42 Å². The number of nitrogens with zero attached hydrogens (tertiary/aromatic N) is 2. The molecule has 0 bridgehead atoms. The highest BCUT2D eigenvalue weighted by molar-refractivity contribution is 7.89. The van der Waals surface area contributed by atoms with Crippen LogP contribution < -0.4 is 0 Å². The molecule has 0 aromatic heterocycles. The standard InChI is InChI=1S/C12H15FN2O5S/c1-8-6-10(7-11(12(8)13)15(17)18)21(19,20)14-4-2-9(16)3-5-14/h6-7,9,16H,2-5H2,1H3. The van der Waals surface area contributed by atoms with Crippen molar-refractivity contribution in [3.8, 4) is 0 Å². The molecule has 1 N–H and O–H groups in total. The summed E-state index contributed by atoms with van der Waals surface area (Å²) in [7, 11) is -3.93. The Kier molecular flexibility index (Phi) is 4.26. The monoisotopic (exact) mass is 318 g/mol. The Morgan fingerprint density at radius 2 is 1.95 bits per heavy atom. The van der Waals surface area contributed by atoms with Gasteiger partial charge in [-0.1, -0.05) is 0 Å². The number of piperidine rings is 1. The normalized spacial score (nSPS) is 17.9. The number of hydrogen-bond acceptors (Lipinski definition) is 5. The third-order valence-corrected chi connectivity index (χ3v) is 5.34. The lowest BCUT2D eigenvalue weighted by Crippen LogP contribution is -2.40. The molecule has 1 saturated heterocycles. The second-order valence-corrected chi connectivity index (χ2v) is 6.90. The maximum Gasteiger partial charge on any atom is 0.306 e. The SMILES string of the molecule is Cc1cc(S(=O)(=O)N2CCC(O)CC2)cc([N+](=O)[O-])c1F. The van der Waals surface area contributed by atoms with E-state index in [9.17, 15) is 28.0 Å². The van der Waals surface area contributed by atoms with Crippen molar-refractivity contribution in [1.82, 2.24) is 4.31 Å². The quantitative estimate of drug-likeness (QED) is 0.666. The van der Waals surface area contributed by atoms with Crippen molar-refractivity contribution in [2.24, 2.45) is 0 Å². The van der Waals surface area contributed by atoms with Gasteiger partial charge in [0.1, 0.15) is 0 Å². The van der Waals surface area contributed by atoms with E-state index in [2.05, 4.69) is 0 Å². The highest BCUT2D eigenvalue weighted by atomic mass is 32.2. The maximum atomic E-state index is 13.6. The predicted molar refractivity (Wildman–Crippen MR) is 71.8 cm³/mol. The van der Waals surface area contributed by atoms with E-state index in [1.807, 2.05) is 0 Å². The summed E-state index contributed by atoms with van der Waals surface area (Å²) in [5, 5.41) is 20.2. The van der Waals surface area contributed by atoms with Gasteiger partial charge < -0.3 is 5.11 Å². The number of nitro benzene ring substituents is 1. The number of benzene rings is 1. The van der Waals surface area contributed by atoms with Gasteiger partial charge in [0.2, 0.25) is 15.8 Å². The Balaban J connectivity index is 2.43. The van der Waals surface area contributed by atoms with Gasteiger partial charge in [-0.15, -0.1) is 0 Å². The first-order valence-electron chi connectivity index (χ1n) is 6.36. The van der Waals surface area contributed by atoms with Crippen molar-refractivity contribution in [1.29, 1.82) is 0 Å². The number of nitro groups is 1. The van der Waals surface area contributed by atoms with Crippen LogP contribution in [-0.4, -0.2) is 41.9 Å². The van der Waals surface area contributed by atoms with Gasteiger partial charge in [-0.05, 0) is 31.4 Å². The van der Waals surface area contributed by atoms with E-state index >= 15 is 0 Å². The number of hydrogen-bond donors (Lipinski definition) is 1. The molecule has 0 unspecified atom stereocenters. The molecule has 0 atom stereocenters. The van der Waals surface area contributed by atoms with E-state index in [1.165, 1.54) is 6.92 Å². The highest BCUT2D eigenvalue weighted by Gasteiger charge is 2.31. The number of rotatable bonds is 3. The van der Waals surface area contributed by atoms with Crippen LogP contribution in [0.2, 0.25) is 0 Å². The lowest BCUT2D eigenvalue weighted by atomic mass is 10.1. The summed E-state index contributed by atoms with van der Waals surface area (Å²) < 4.78 is 39.6. The second kappa shape index (κ2) is 5.66. The van der Waals surface area contributed by atoms with Crippen LogP contribution >= 0.6 is 0 Å². The molecule has 0 radical (unpaired) electrons. The number of aliphatic hydroxyl groups excluding tert-OH is 1. The molecule has 1 aromatic rings. The first-order chi connectivity index (χ1) is 9.73. The molecule has 0 saturated carbocycles. The highest BCUT2D eigenvalue weighted by Crippen LogP contribution is 2.28. The van der Waals surface area contributed by atoms with Crippen LogP contribution in [0, 0.1) is 22.9 Å². The average Bonchev–Trinajstić information content (AvgIpc) is 2.41. The van der Waals surface area contributed by atoms with Crippen molar-refractivity contribution in [3.63, 3.8) is 0 Å². The van der Waals surface area contributed by atoms with Gasteiger partial charge in [0.15, 0.2) is 0 Å². The second-order valence-electron chi connectivity index (χ2n) is 4.97. The van der Waals surface area contributed by atoms with E-state index in [4.69, 9.17) is 0 Å². The molecule has 1 aliphatic heterocycles. The van der Waals surface area contributed by atoms with Crippen LogP contribution in [0.4, 0.5) is 10.1 Å². The molecule has 0 spiro atoms. The molecule has 0 amide bonds. The average molecular weight is 318 g/mol. The zero-order chi connectivity index (χ0) is 15.8. The van der Waals surface area contributed by atoms with Crippen molar-refractivity contribution < 1.29 is 22.8 Å². The first-order valence-corrected chi connectivity index (χ1v) is 7.80. The van der Waals surface area contributed by atoms with Crippen LogP contribution in [-0.2, 0) is 10.0 Å². The summed E-state index contributed by atoms with van der Waals surface area (Å²) in [6, 6.07) is 1.82. The zero-order valence-corrected chi connectivity index (χ0v) is 12.1. The zero-order valence-electron chi connectivity index (χ0n) is 11.3.